The van der Waals surface area contributed by atoms with Crippen molar-refractivity contribution in [3.63, 3.8) is 0 Å². The van der Waals surface area contributed by atoms with Crippen molar-refractivity contribution in [1.29, 1.82) is 0 Å². The van der Waals surface area contributed by atoms with Crippen LogP contribution in [0.5, 0.6) is 0 Å². The highest BCUT2D eigenvalue weighted by Gasteiger charge is 2.37. The van der Waals surface area contributed by atoms with Gasteiger partial charge in [-0.25, -0.2) is 0 Å². The zero-order chi connectivity index (χ0) is 11.4. The number of rotatable bonds is 4. The number of hydrogen-bond donors (Lipinski definition) is 1. The van der Waals surface area contributed by atoms with E-state index in [-0.39, 0.29) is 0 Å². The summed E-state index contributed by atoms with van der Waals surface area (Å²) in [6, 6.07) is -1.19. The van der Waals surface area contributed by atoms with Gasteiger partial charge in [-0.15, -0.1) is 0 Å². The average Bonchev–Trinajstić information content (AvgIpc) is 2.10. The minimum atomic E-state index is -4.45. The maximum atomic E-state index is 11.9. The maximum Gasteiger partial charge on any atom is 0.414 e. The van der Waals surface area contributed by atoms with E-state index in [0.29, 0.717) is 0 Å². The normalized spacial score (nSPS) is 16.1. The highest BCUT2D eigenvalue weighted by Crippen LogP contribution is 2.22. The summed E-state index contributed by atoms with van der Waals surface area (Å²) in [6.07, 6.45) is -6.39. The minimum Gasteiger partial charge on any atom is -0.468 e. The van der Waals surface area contributed by atoms with Gasteiger partial charge in [0.05, 0.1) is 13.7 Å². The van der Waals surface area contributed by atoms with Crippen molar-refractivity contribution in [3.05, 3.63) is 0 Å². The number of carbonyl (C=O) groups excluding carboxylic acids is 1. The molecule has 0 amide bonds. The number of alkyl halides is 3. The monoisotopic (exact) mass is 215 g/mol. The van der Waals surface area contributed by atoms with Gasteiger partial charge in [0.2, 0.25) is 0 Å². The van der Waals surface area contributed by atoms with Gasteiger partial charge in [-0.05, 0) is 6.92 Å². The fourth-order valence-electron chi connectivity index (χ4n) is 0.562. The Morgan fingerprint density at radius 2 is 2.00 bits per heavy atom. The smallest absolute Gasteiger partial charge is 0.414 e. The number of esters is 1. The molecule has 84 valence electrons. The number of nitrogens with two attached hydrogens (primary N) is 1. The molecule has 0 aliphatic carbocycles. The third-order valence-electron chi connectivity index (χ3n) is 1.49. The summed E-state index contributed by atoms with van der Waals surface area (Å²) in [5.41, 5.74) is 5.15. The SMILES string of the molecule is COC(=O)C(N)COC(C)C(F)(F)F. The second-order valence-electron chi connectivity index (χ2n) is 2.65. The lowest BCUT2D eigenvalue weighted by molar-refractivity contribution is -0.215. The lowest BCUT2D eigenvalue weighted by Crippen LogP contribution is -2.39. The van der Waals surface area contributed by atoms with Gasteiger partial charge in [0.1, 0.15) is 6.04 Å². The number of hydrogen-bond acceptors (Lipinski definition) is 4. The number of carbonyl (C=O) groups is 1. The van der Waals surface area contributed by atoms with Crippen molar-refractivity contribution in [2.45, 2.75) is 25.2 Å². The predicted molar refractivity (Wildman–Crippen MR) is 41.5 cm³/mol. The van der Waals surface area contributed by atoms with Crippen LogP contribution in [-0.4, -0.2) is 38.0 Å². The highest BCUT2D eigenvalue weighted by atomic mass is 19.4. The van der Waals surface area contributed by atoms with Gasteiger partial charge >= 0.3 is 12.1 Å². The van der Waals surface area contributed by atoms with Crippen LogP contribution in [0.4, 0.5) is 13.2 Å². The molecule has 2 atom stereocenters. The molecule has 2 N–H and O–H groups in total. The van der Waals surface area contributed by atoms with E-state index in [1.54, 1.807) is 0 Å². The van der Waals surface area contributed by atoms with Crippen molar-refractivity contribution < 1.29 is 27.4 Å². The Kier molecular flexibility index (Phi) is 4.86. The van der Waals surface area contributed by atoms with Crippen molar-refractivity contribution in [2.24, 2.45) is 5.73 Å². The molecule has 14 heavy (non-hydrogen) atoms. The lowest BCUT2D eigenvalue weighted by Gasteiger charge is -2.18. The molecule has 4 nitrogen and oxygen atoms in total. The van der Waals surface area contributed by atoms with Crippen molar-refractivity contribution >= 4 is 5.97 Å². The third-order valence-corrected chi connectivity index (χ3v) is 1.49. The standard InChI is InChI=1S/C7H12F3NO3/c1-4(7(8,9)10)14-3-5(11)6(12)13-2/h4-5H,3,11H2,1-2H3. The molecule has 0 fully saturated rings. The Bertz CT molecular complexity index is 195. The van der Waals surface area contributed by atoms with E-state index in [1.165, 1.54) is 0 Å². The Balaban J connectivity index is 3.89. The molecule has 0 aliphatic rings. The van der Waals surface area contributed by atoms with Crippen molar-refractivity contribution in [3.8, 4) is 0 Å². The van der Waals surface area contributed by atoms with E-state index in [9.17, 15) is 18.0 Å². The molecule has 0 aromatic rings. The molecule has 0 aromatic carbocycles. The van der Waals surface area contributed by atoms with Gasteiger partial charge in [0.15, 0.2) is 6.10 Å². The zero-order valence-electron chi connectivity index (χ0n) is 7.80. The Hall–Kier alpha value is -0.820. The average molecular weight is 215 g/mol. The van der Waals surface area contributed by atoms with Crippen molar-refractivity contribution in [1.82, 2.24) is 0 Å². The van der Waals surface area contributed by atoms with E-state index in [2.05, 4.69) is 9.47 Å². The van der Waals surface area contributed by atoms with Crippen LogP contribution >= 0.6 is 0 Å². The molecular formula is C7H12F3NO3. The molecule has 0 spiro atoms. The van der Waals surface area contributed by atoms with E-state index in [0.717, 1.165) is 14.0 Å². The largest absolute Gasteiger partial charge is 0.468 e. The summed E-state index contributed by atoms with van der Waals surface area (Å²) in [4.78, 5) is 10.7. The molecule has 0 heterocycles. The molecule has 0 radical (unpaired) electrons. The molecule has 0 saturated carbocycles. The number of halogens is 3. The summed E-state index contributed by atoms with van der Waals surface area (Å²) in [5.74, 6) is -0.806. The van der Waals surface area contributed by atoms with Crippen LogP contribution in [0, 0.1) is 0 Å². The van der Waals surface area contributed by atoms with Crippen LogP contribution in [0.3, 0.4) is 0 Å². The summed E-state index contributed by atoms with van der Waals surface area (Å²) >= 11 is 0. The van der Waals surface area contributed by atoms with Crippen LogP contribution < -0.4 is 5.73 Å². The number of methoxy groups -OCH3 is 1. The quantitative estimate of drug-likeness (QED) is 0.692. The highest BCUT2D eigenvalue weighted by molar-refractivity contribution is 5.75. The molecule has 0 aromatic heterocycles. The van der Waals surface area contributed by atoms with Crippen LogP contribution in [0.1, 0.15) is 6.92 Å². The van der Waals surface area contributed by atoms with E-state index in [1.807, 2.05) is 0 Å². The summed E-state index contributed by atoms with van der Waals surface area (Å²) in [7, 11) is 1.09. The first-order chi connectivity index (χ1) is 6.29. The van der Waals surface area contributed by atoms with E-state index >= 15 is 0 Å². The van der Waals surface area contributed by atoms with Gasteiger partial charge in [-0.2, -0.15) is 13.2 Å². The van der Waals surface area contributed by atoms with E-state index < -0.39 is 30.9 Å². The topological polar surface area (TPSA) is 61.5 Å². The predicted octanol–water partition coefficient (Wildman–Crippen LogP) is 0.454. The summed E-state index contributed by atoms with van der Waals surface area (Å²) in [6.45, 7) is 0.317. The fraction of sp³-hybridized carbons (Fsp3) is 0.857. The molecular weight excluding hydrogens is 203 g/mol. The first kappa shape index (κ1) is 13.2. The van der Waals surface area contributed by atoms with Crippen LogP contribution in [0.15, 0.2) is 0 Å². The van der Waals surface area contributed by atoms with Gasteiger partial charge in [-0.1, -0.05) is 0 Å². The summed E-state index contributed by atoms with van der Waals surface area (Å²) in [5, 5.41) is 0. The Labute approximate surface area is 79.2 Å². The third kappa shape index (κ3) is 4.43. The van der Waals surface area contributed by atoms with Crippen LogP contribution in [0.25, 0.3) is 0 Å². The molecule has 0 saturated heterocycles. The van der Waals surface area contributed by atoms with Gasteiger partial charge in [0, 0.05) is 0 Å². The lowest BCUT2D eigenvalue weighted by atomic mass is 10.3. The van der Waals surface area contributed by atoms with Crippen molar-refractivity contribution in [2.75, 3.05) is 13.7 Å². The Morgan fingerprint density at radius 1 is 1.50 bits per heavy atom. The van der Waals surface area contributed by atoms with Gasteiger partial charge in [0.25, 0.3) is 0 Å². The second-order valence-corrected chi connectivity index (χ2v) is 2.65. The number of ether oxygens (including phenoxy) is 2. The van der Waals surface area contributed by atoms with Gasteiger partial charge < -0.3 is 15.2 Å². The minimum absolute atomic E-state index is 0.520. The molecule has 0 aliphatic heterocycles. The first-order valence-electron chi connectivity index (χ1n) is 3.80. The first-order valence-corrected chi connectivity index (χ1v) is 3.80. The van der Waals surface area contributed by atoms with Gasteiger partial charge in [-0.3, -0.25) is 4.79 Å². The van der Waals surface area contributed by atoms with Crippen LogP contribution in [-0.2, 0) is 14.3 Å². The summed E-state index contributed by atoms with van der Waals surface area (Å²) < 4.78 is 44.2. The molecule has 0 bridgehead atoms. The second kappa shape index (κ2) is 5.16. The molecule has 0 rings (SSSR count). The van der Waals surface area contributed by atoms with E-state index in [4.69, 9.17) is 5.73 Å². The fourth-order valence-corrected chi connectivity index (χ4v) is 0.562. The van der Waals surface area contributed by atoms with Crippen LogP contribution in [0.2, 0.25) is 0 Å². The molecule has 2 unspecified atom stereocenters. The zero-order valence-corrected chi connectivity index (χ0v) is 7.80. The molecule has 7 heteroatoms. The Morgan fingerprint density at radius 3 is 2.36 bits per heavy atom. The maximum absolute atomic E-state index is 11.9.